The van der Waals surface area contributed by atoms with Gasteiger partial charge in [-0.1, -0.05) is 28.7 Å². The van der Waals surface area contributed by atoms with Gasteiger partial charge in [-0.05, 0) is 37.0 Å². The number of anilines is 1. The lowest BCUT2D eigenvalue weighted by atomic mass is 10.1. The van der Waals surface area contributed by atoms with E-state index in [9.17, 15) is 27.2 Å². The maximum Gasteiger partial charge on any atom is 0.573 e. The monoisotopic (exact) mass is 527 g/mol. The van der Waals surface area contributed by atoms with Crippen LogP contribution >= 0.6 is 11.3 Å². The molecular weight excluding hydrogens is 506 g/mol. The SMILES string of the molecule is O=C(Cc1cccc(OC(F)(F)F)c1)Nc1nnc(CCC(F)Cn2cc(C(=O)NC3CC3)nn2)s1. The molecule has 2 heterocycles. The van der Waals surface area contributed by atoms with E-state index in [-0.39, 0.29) is 48.6 Å². The van der Waals surface area contributed by atoms with Crippen LogP contribution in [0.5, 0.6) is 5.75 Å². The Morgan fingerprint density at radius 3 is 2.78 bits per heavy atom. The molecule has 0 spiro atoms. The Kier molecular flexibility index (Phi) is 7.76. The third kappa shape index (κ3) is 7.96. The summed E-state index contributed by atoms with van der Waals surface area (Å²) in [5, 5.41) is 21.3. The van der Waals surface area contributed by atoms with Crippen molar-refractivity contribution < 1.29 is 31.9 Å². The number of nitrogens with one attached hydrogen (secondary N) is 2. The van der Waals surface area contributed by atoms with Crippen LogP contribution in [0, 0.1) is 0 Å². The highest BCUT2D eigenvalue weighted by Gasteiger charge is 2.31. The molecular formula is C21H21F4N7O3S. The molecule has 2 N–H and O–H groups in total. The van der Waals surface area contributed by atoms with E-state index in [0.717, 1.165) is 36.3 Å². The van der Waals surface area contributed by atoms with Crippen LogP contribution in [0.3, 0.4) is 0 Å². The molecule has 0 radical (unpaired) electrons. The lowest BCUT2D eigenvalue weighted by molar-refractivity contribution is -0.274. The maximum absolute atomic E-state index is 14.4. The number of nitrogens with zero attached hydrogens (tertiary/aromatic N) is 5. The van der Waals surface area contributed by atoms with Gasteiger partial charge in [0.25, 0.3) is 5.91 Å². The first-order chi connectivity index (χ1) is 17.1. The normalized spacial score (nSPS) is 14.3. The van der Waals surface area contributed by atoms with Gasteiger partial charge < -0.3 is 15.4 Å². The number of hydrogen-bond acceptors (Lipinski definition) is 8. The van der Waals surface area contributed by atoms with Crippen molar-refractivity contribution in [2.24, 2.45) is 0 Å². The third-order valence-electron chi connectivity index (χ3n) is 4.95. The topological polar surface area (TPSA) is 124 Å². The van der Waals surface area contributed by atoms with Crippen molar-refractivity contribution in [3.63, 3.8) is 0 Å². The molecule has 1 aliphatic rings. The van der Waals surface area contributed by atoms with Crippen LogP contribution in [0.1, 0.15) is 40.3 Å². The standard InChI is InChI=1S/C21H21F4N7O3S/c22-13(10-32-11-16(28-31-32)19(34)26-14-5-6-14)4-7-18-29-30-20(36-18)27-17(33)9-12-2-1-3-15(8-12)35-21(23,24)25/h1-3,8,11,13-14H,4-7,9-10H2,(H,26,34)(H,27,30,33). The van der Waals surface area contributed by atoms with E-state index in [0.29, 0.717) is 10.6 Å². The van der Waals surface area contributed by atoms with Gasteiger partial charge in [0.15, 0.2) is 5.69 Å². The molecule has 36 heavy (non-hydrogen) atoms. The molecule has 4 rings (SSSR count). The van der Waals surface area contributed by atoms with E-state index in [2.05, 4.69) is 35.9 Å². The molecule has 1 fully saturated rings. The van der Waals surface area contributed by atoms with Crippen LogP contribution in [-0.4, -0.2) is 55.6 Å². The van der Waals surface area contributed by atoms with Gasteiger partial charge in [-0.2, -0.15) is 0 Å². The average Bonchev–Trinajstić information content (AvgIpc) is 3.29. The first-order valence-corrected chi connectivity index (χ1v) is 11.8. The summed E-state index contributed by atoms with van der Waals surface area (Å²) in [5.41, 5.74) is 0.457. The second kappa shape index (κ2) is 11.0. The molecule has 0 saturated heterocycles. The minimum atomic E-state index is -4.83. The van der Waals surface area contributed by atoms with E-state index in [4.69, 9.17) is 0 Å². The van der Waals surface area contributed by atoms with E-state index >= 15 is 0 Å². The Morgan fingerprint density at radius 1 is 1.22 bits per heavy atom. The highest BCUT2D eigenvalue weighted by atomic mass is 32.1. The molecule has 2 aromatic heterocycles. The van der Waals surface area contributed by atoms with Crippen LogP contribution in [0.15, 0.2) is 30.5 Å². The molecule has 0 aliphatic heterocycles. The number of carbonyl (C=O) groups is 2. The zero-order valence-electron chi connectivity index (χ0n) is 18.7. The number of rotatable bonds is 11. The lowest BCUT2D eigenvalue weighted by Crippen LogP contribution is -2.25. The molecule has 192 valence electrons. The summed E-state index contributed by atoms with van der Waals surface area (Å²) < 4.78 is 56.6. The summed E-state index contributed by atoms with van der Waals surface area (Å²) >= 11 is 1.07. The molecule has 1 aliphatic carbocycles. The number of carbonyl (C=O) groups excluding carboxylic acids is 2. The molecule has 1 aromatic carbocycles. The second-order valence-corrected chi connectivity index (χ2v) is 9.19. The van der Waals surface area contributed by atoms with Crippen molar-refractivity contribution in [1.82, 2.24) is 30.5 Å². The largest absolute Gasteiger partial charge is 0.573 e. The molecule has 10 nitrogen and oxygen atoms in total. The minimum Gasteiger partial charge on any atom is -0.406 e. The van der Waals surface area contributed by atoms with Gasteiger partial charge in [0.1, 0.15) is 16.9 Å². The predicted octanol–water partition coefficient (Wildman–Crippen LogP) is 3.07. The fourth-order valence-corrected chi connectivity index (χ4v) is 3.93. The van der Waals surface area contributed by atoms with E-state index < -0.39 is 24.2 Å². The first kappa shape index (κ1) is 25.5. The Bertz CT molecular complexity index is 1210. The summed E-state index contributed by atoms with van der Waals surface area (Å²) in [6, 6.07) is 5.29. The fourth-order valence-electron chi connectivity index (χ4n) is 3.16. The van der Waals surface area contributed by atoms with Crippen molar-refractivity contribution >= 4 is 28.3 Å². The summed E-state index contributed by atoms with van der Waals surface area (Å²) in [6.07, 6.45) is -2.65. The van der Waals surface area contributed by atoms with Gasteiger partial charge in [0.2, 0.25) is 11.0 Å². The molecule has 2 amide bonds. The molecule has 0 bridgehead atoms. The highest BCUT2D eigenvalue weighted by Crippen LogP contribution is 2.24. The van der Waals surface area contributed by atoms with E-state index in [1.807, 2.05) is 0 Å². The van der Waals surface area contributed by atoms with Gasteiger partial charge >= 0.3 is 6.36 Å². The molecule has 1 saturated carbocycles. The van der Waals surface area contributed by atoms with Crippen molar-refractivity contribution in [3.8, 4) is 5.75 Å². The number of hydrogen-bond donors (Lipinski definition) is 2. The van der Waals surface area contributed by atoms with Gasteiger partial charge in [0.05, 0.1) is 19.2 Å². The Morgan fingerprint density at radius 2 is 2.03 bits per heavy atom. The molecule has 1 atom stereocenters. The van der Waals surface area contributed by atoms with Gasteiger partial charge in [-0.15, -0.1) is 28.5 Å². The minimum absolute atomic E-state index is 0.0801. The van der Waals surface area contributed by atoms with Crippen LogP contribution in [0.4, 0.5) is 22.7 Å². The number of ether oxygens (including phenoxy) is 1. The Hall–Kier alpha value is -3.62. The van der Waals surface area contributed by atoms with Crippen molar-refractivity contribution in [2.75, 3.05) is 5.32 Å². The molecule has 3 aromatic rings. The first-order valence-electron chi connectivity index (χ1n) is 10.9. The fraction of sp³-hybridized carbons (Fsp3) is 0.429. The quantitative estimate of drug-likeness (QED) is 0.367. The Balaban J connectivity index is 1.21. The lowest BCUT2D eigenvalue weighted by Gasteiger charge is -2.09. The second-order valence-electron chi connectivity index (χ2n) is 8.13. The van der Waals surface area contributed by atoms with E-state index in [1.54, 1.807) is 0 Å². The summed E-state index contributed by atoms with van der Waals surface area (Å²) in [6.45, 7) is -0.0801. The third-order valence-corrected chi connectivity index (χ3v) is 5.85. The highest BCUT2D eigenvalue weighted by molar-refractivity contribution is 7.15. The van der Waals surface area contributed by atoms with Crippen molar-refractivity contribution in [2.45, 2.75) is 57.2 Å². The molecule has 15 heteroatoms. The number of aromatic nitrogens is 5. The van der Waals surface area contributed by atoms with Crippen molar-refractivity contribution in [1.29, 1.82) is 0 Å². The van der Waals surface area contributed by atoms with Crippen LogP contribution in [-0.2, 0) is 24.2 Å². The van der Waals surface area contributed by atoms with Gasteiger partial charge in [0, 0.05) is 12.5 Å². The summed E-state index contributed by atoms with van der Waals surface area (Å²) in [4.78, 5) is 24.2. The Labute approximate surface area is 206 Å². The predicted molar refractivity (Wildman–Crippen MR) is 119 cm³/mol. The number of halogens is 4. The average molecular weight is 528 g/mol. The van der Waals surface area contributed by atoms with Crippen LogP contribution in [0.25, 0.3) is 0 Å². The smallest absolute Gasteiger partial charge is 0.406 e. The van der Waals surface area contributed by atoms with Crippen molar-refractivity contribution in [3.05, 3.63) is 46.7 Å². The van der Waals surface area contributed by atoms with Crippen LogP contribution in [0.2, 0.25) is 0 Å². The number of alkyl halides is 4. The number of benzene rings is 1. The van der Waals surface area contributed by atoms with Gasteiger partial charge in [-0.25, -0.2) is 9.07 Å². The van der Waals surface area contributed by atoms with Gasteiger partial charge in [-0.3, -0.25) is 9.59 Å². The maximum atomic E-state index is 14.4. The van der Waals surface area contributed by atoms with E-state index in [1.165, 1.54) is 23.0 Å². The zero-order valence-corrected chi connectivity index (χ0v) is 19.5. The van der Waals surface area contributed by atoms with Crippen LogP contribution < -0.4 is 15.4 Å². The summed E-state index contributed by atoms with van der Waals surface area (Å²) in [7, 11) is 0. The summed E-state index contributed by atoms with van der Waals surface area (Å²) in [5.74, 6) is -1.25. The zero-order chi connectivity index (χ0) is 25.7. The molecule has 1 unspecified atom stereocenters. The number of amides is 2. The number of aryl methyl sites for hydroxylation is 1.